The molecule has 3 unspecified atom stereocenters. The van der Waals surface area contributed by atoms with Crippen LogP contribution in [0.15, 0.2) is 36.4 Å². The number of benzene rings is 1. The van der Waals surface area contributed by atoms with E-state index in [2.05, 4.69) is 5.32 Å². The van der Waals surface area contributed by atoms with E-state index in [9.17, 15) is 9.59 Å². The van der Waals surface area contributed by atoms with Gasteiger partial charge in [-0.2, -0.15) is 0 Å². The van der Waals surface area contributed by atoms with Crippen molar-refractivity contribution in [1.82, 2.24) is 10.2 Å². The lowest BCUT2D eigenvalue weighted by molar-refractivity contribution is -0.137. The van der Waals surface area contributed by atoms with E-state index in [1.54, 1.807) is 6.08 Å². The number of rotatable bonds is 4. The second-order valence-electron chi connectivity index (χ2n) is 8.34. The number of fused-ring (bicyclic) bond motifs is 1. The Kier molecular flexibility index (Phi) is 5.61. The highest BCUT2D eigenvalue weighted by atomic mass is 16.2. The molecular weight excluding hydrogens is 336 g/mol. The van der Waals surface area contributed by atoms with Gasteiger partial charge in [-0.05, 0) is 49.7 Å². The van der Waals surface area contributed by atoms with Crippen LogP contribution < -0.4 is 5.32 Å². The summed E-state index contributed by atoms with van der Waals surface area (Å²) >= 11 is 0. The predicted octanol–water partition coefficient (Wildman–Crippen LogP) is 3.92. The zero-order valence-corrected chi connectivity index (χ0v) is 16.0. The Labute approximate surface area is 162 Å². The van der Waals surface area contributed by atoms with Gasteiger partial charge >= 0.3 is 0 Å². The van der Waals surface area contributed by atoms with Gasteiger partial charge < -0.3 is 10.2 Å². The van der Waals surface area contributed by atoms with Gasteiger partial charge in [0.1, 0.15) is 6.04 Å². The second-order valence-corrected chi connectivity index (χ2v) is 8.34. The number of likely N-dealkylation sites (tertiary alicyclic amines) is 1. The van der Waals surface area contributed by atoms with Crippen LogP contribution in [0.4, 0.5) is 0 Å². The van der Waals surface area contributed by atoms with Crippen LogP contribution in [0.1, 0.15) is 63.4 Å². The molecule has 2 amide bonds. The van der Waals surface area contributed by atoms with E-state index >= 15 is 0 Å². The fraction of sp³-hybridized carbons (Fsp3) is 0.565. The molecule has 144 valence electrons. The molecule has 1 heterocycles. The molecule has 27 heavy (non-hydrogen) atoms. The first-order valence-electron chi connectivity index (χ1n) is 10.6. The van der Waals surface area contributed by atoms with E-state index in [0.29, 0.717) is 12.0 Å². The van der Waals surface area contributed by atoms with Gasteiger partial charge in [-0.1, -0.05) is 56.0 Å². The summed E-state index contributed by atoms with van der Waals surface area (Å²) in [6.45, 7) is 0. The first kappa shape index (κ1) is 18.3. The molecule has 0 aromatic heterocycles. The third kappa shape index (κ3) is 4.10. The average molecular weight is 367 g/mol. The summed E-state index contributed by atoms with van der Waals surface area (Å²) in [7, 11) is 0. The number of nitrogens with zero attached hydrogens (tertiary/aromatic N) is 1. The number of amides is 2. The minimum atomic E-state index is -0.299. The van der Waals surface area contributed by atoms with Crippen molar-refractivity contribution in [3.05, 3.63) is 42.0 Å². The van der Waals surface area contributed by atoms with Crippen molar-refractivity contribution in [2.24, 2.45) is 5.92 Å². The maximum absolute atomic E-state index is 13.1. The number of carbonyl (C=O) groups is 2. The van der Waals surface area contributed by atoms with Crippen LogP contribution in [0.5, 0.6) is 0 Å². The van der Waals surface area contributed by atoms with E-state index in [1.807, 2.05) is 41.3 Å². The molecule has 2 saturated carbocycles. The molecule has 0 spiro atoms. The molecule has 1 aromatic rings. The summed E-state index contributed by atoms with van der Waals surface area (Å²) in [4.78, 5) is 28.0. The molecule has 2 aliphatic carbocycles. The highest BCUT2D eigenvalue weighted by Crippen LogP contribution is 2.40. The van der Waals surface area contributed by atoms with Crippen molar-refractivity contribution >= 4 is 17.9 Å². The van der Waals surface area contributed by atoms with Crippen molar-refractivity contribution in [3.63, 3.8) is 0 Å². The van der Waals surface area contributed by atoms with Crippen LogP contribution in [-0.2, 0) is 9.59 Å². The smallest absolute Gasteiger partial charge is 0.247 e. The van der Waals surface area contributed by atoms with Crippen molar-refractivity contribution < 1.29 is 9.59 Å². The summed E-state index contributed by atoms with van der Waals surface area (Å²) in [5, 5.41) is 3.23. The Balaban J connectivity index is 1.50. The summed E-state index contributed by atoms with van der Waals surface area (Å²) in [6.07, 6.45) is 13.4. The van der Waals surface area contributed by atoms with E-state index in [1.165, 1.54) is 19.3 Å². The minimum absolute atomic E-state index is 0.0141. The van der Waals surface area contributed by atoms with Crippen molar-refractivity contribution in [2.45, 2.75) is 75.9 Å². The Bertz CT molecular complexity index is 694. The van der Waals surface area contributed by atoms with Gasteiger partial charge in [0.15, 0.2) is 0 Å². The molecule has 4 nitrogen and oxygen atoms in total. The van der Waals surface area contributed by atoms with Crippen LogP contribution in [0.3, 0.4) is 0 Å². The fourth-order valence-corrected chi connectivity index (χ4v) is 5.20. The zero-order chi connectivity index (χ0) is 18.6. The van der Waals surface area contributed by atoms with Gasteiger partial charge in [0.2, 0.25) is 11.8 Å². The van der Waals surface area contributed by atoms with E-state index in [4.69, 9.17) is 0 Å². The number of carbonyl (C=O) groups excluding carboxylic acids is 2. The van der Waals surface area contributed by atoms with E-state index < -0.39 is 0 Å². The Morgan fingerprint density at radius 1 is 0.963 bits per heavy atom. The maximum Gasteiger partial charge on any atom is 0.247 e. The molecule has 1 aromatic carbocycles. The van der Waals surface area contributed by atoms with Crippen LogP contribution in [0, 0.1) is 5.92 Å². The van der Waals surface area contributed by atoms with Gasteiger partial charge in [0.25, 0.3) is 0 Å². The summed E-state index contributed by atoms with van der Waals surface area (Å²) < 4.78 is 0. The molecule has 4 heteroatoms. The lowest BCUT2D eigenvalue weighted by atomic mass is 9.84. The molecule has 3 fully saturated rings. The third-order valence-corrected chi connectivity index (χ3v) is 6.56. The quantitative estimate of drug-likeness (QED) is 0.821. The Morgan fingerprint density at radius 2 is 1.67 bits per heavy atom. The first-order chi connectivity index (χ1) is 13.2. The lowest BCUT2D eigenvalue weighted by Crippen LogP contribution is -2.50. The van der Waals surface area contributed by atoms with Gasteiger partial charge in [-0.15, -0.1) is 0 Å². The Morgan fingerprint density at radius 3 is 2.44 bits per heavy atom. The molecule has 1 aliphatic heterocycles. The second kappa shape index (κ2) is 8.28. The average Bonchev–Trinajstić information content (AvgIpc) is 3.34. The standard InChI is InChI=1S/C23H30N2O2/c26-22(15-14-17-8-2-1-3-9-17)25-20-13-7-4-10-18(20)16-21(25)23(27)24-19-11-5-6-12-19/h1-3,8-9,14-15,18-21H,4-7,10-13,16H2,(H,24,27)/b15-14+. The van der Waals surface area contributed by atoms with Crippen LogP contribution in [0.2, 0.25) is 0 Å². The van der Waals surface area contributed by atoms with Crippen molar-refractivity contribution in [3.8, 4) is 0 Å². The van der Waals surface area contributed by atoms with Gasteiger partial charge in [0.05, 0.1) is 0 Å². The number of hydrogen-bond acceptors (Lipinski definition) is 2. The summed E-state index contributed by atoms with van der Waals surface area (Å²) in [6, 6.07) is 10.1. The monoisotopic (exact) mass is 366 g/mol. The predicted molar refractivity (Wildman–Crippen MR) is 107 cm³/mol. The molecule has 3 aliphatic rings. The normalized spacial score (nSPS) is 28.4. The maximum atomic E-state index is 13.1. The van der Waals surface area contributed by atoms with Crippen molar-refractivity contribution in [1.29, 1.82) is 0 Å². The lowest BCUT2D eigenvalue weighted by Gasteiger charge is -2.33. The SMILES string of the molecule is O=C(NC1CCCC1)C1CC2CCCCC2N1C(=O)/C=C/c1ccccc1. The zero-order valence-electron chi connectivity index (χ0n) is 16.0. The minimum Gasteiger partial charge on any atom is -0.352 e. The van der Waals surface area contributed by atoms with Crippen LogP contribution in [-0.4, -0.2) is 34.8 Å². The van der Waals surface area contributed by atoms with Crippen LogP contribution in [0.25, 0.3) is 6.08 Å². The highest BCUT2D eigenvalue weighted by molar-refractivity contribution is 5.96. The molecule has 1 N–H and O–H groups in total. The van der Waals surface area contributed by atoms with Crippen molar-refractivity contribution in [2.75, 3.05) is 0 Å². The molecule has 0 bridgehead atoms. The summed E-state index contributed by atoms with van der Waals surface area (Å²) in [5.41, 5.74) is 1.01. The Hall–Kier alpha value is -2.10. The fourth-order valence-electron chi connectivity index (χ4n) is 5.20. The first-order valence-corrected chi connectivity index (χ1v) is 10.6. The van der Waals surface area contributed by atoms with E-state index in [-0.39, 0.29) is 23.9 Å². The van der Waals surface area contributed by atoms with Crippen LogP contribution >= 0.6 is 0 Å². The van der Waals surface area contributed by atoms with Gasteiger partial charge in [0, 0.05) is 18.2 Å². The molecule has 4 rings (SSSR count). The van der Waals surface area contributed by atoms with Gasteiger partial charge in [-0.25, -0.2) is 0 Å². The molecule has 1 saturated heterocycles. The topological polar surface area (TPSA) is 49.4 Å². The molecular formula is C23H30N2O2. The largest absolute Gasteiger partial charge is 0.352 e. The number of nitrogens with one attached hydrogen (secondary N) is 1. The van der Waals surface area contributed by atoms with Gasteiger partial charge in [-0.3, -0.25) is 9.59 Å². The van der Waals surface area contributed by atoms with E-state index in [0.717, 1.165) is 44.1 Å². The highest BCUT2D eigenvalue weighted by Gasteiger charge is 2.47. The molecule has 3 atom stereocenters. The number of hydrogen-bond donors (Lipinski definition) is 1. The third-order valence-electron chi connectivity index (χ3n) is 6.56. The summed E-state index contributed by atoms with van der Waals surface area (Å²) in [5.74, 6) is 0.532. The molecule has 0 radical (unpaired) electrons.